The molecule has 2 rings (SSSR count). The van der Waals surface area contributed by atoms with Gasteiger partial charge >= 0.3 is 0 Å². The number of hydrogen-bond donors (Lipinski definition) is 1. The van der Waals surface area contributed by atoms with Gasteiger partial charge in [0.25, 0.3) is 0 Å². The van der Waals surface area contributed by atoms with E-state index in [1.54, 1.807) is 7.11 Å². The van der Waals surface area contributed by atoms with Crippen LogP contribution in [0.5, 0.6) is 5.75 Å². The minimum Gasteiger partial charge on any atom is -0.496 e. The maximum Gasteiger partial charge on any atom is 0.131 e. The molecule has 84 valence electrons. The van der Waals surface area contributed by atoms with E-state index < -0.39 is 0 Å². The van der Waals surface area contributed by atoms with Crippen molar-refractivity contribution < 1.29 is 4.74 Å². The van der Waals surface area contributed by atoms with E-state index >= 15 is 0 Å². The molecule has 0 aliphatic heterocycles. The summed E-state index contributed by atoms with van der Waals surface area (Å²) in [6.45, 7) is 2.83. The van der Waals surface area contributed by atoms with Crippen molar-refractivity contribution in [1.82, 2.24) is 4.98 Å². The van der Waals surface area contributed by atoms with Gasteiger partial charge in [0.2, 0.25) is 0 Å². The van der Waals surface area contributed by atoms with Gasteiger partial charge < -0.3 is 10.1 Å². The fourth-order valence-corrected chi connectivity index (χ4v) is 1.84. The van der Waals surface area contributed by atoms with Gasteiger partial charge in [-0.15, -0.1) is 0 Å². The molecule has 0 fully saturated rings. The number of hydrogen-bond acceptors (Lipinski definition) is 3. The van der Waals surface area contributed by atoms with Crippen LogP contribution in [0.15, 0.2) is 24.3 Å². The highest BCUT2D eigenvalue weighted by molar-refractivity contribution is 6.35. The maximum atomic E-state index is 6.11. The predicted molar refractivity (Wildman–Crippen MR) is 67.5 cm³/mol. The topological polar surface area (TPSA) is 34.1 Å². The van der Waals surface area contributed by atoms with Gasteiger partial charge in [-0.25, -0.2) is 4.98 Å². The fraction of sp³-hybridized carbons (Fsp3) is 0.250. The van der Waals surface area contributed by atoms with E-state index in [9.17, 15) is 0 Å². The van der Waals surface area contributed by atoms with Crippen LogP contribution in [0, 0.1) is 0 Å². The molecule has 1 aromatic heterocycles. The molecular weight excluding hydrogens is 224 g/mol. The number of methoxy groups -OCH3 is 1. The molecule has 1 N–H and O–H groups in total. The van der Waals surface area contributed by atoms with Crippen LogP contribution in [-0.4, -0.2) is 18.6 Å². The molecule has 1 aromatic carbocycles. The summed E-state index contributed by atoms with van der Waals surface area (Å²) in [6.07, 6.45) is 0. The number of rotatable bonds is 3. The van der Waals surface area contributed by atoms with Crippen molar-refractivity contribution in [1.29, 1.82) is 0 Å². The zero-order valence-corrected chi connectivity index (χ0v) is 10.0. The zero-order valence-electron chi connectivity index (χ0n) is 9.25. The summed E-state index contributed by atoms with van der Waals surface area (Å²) in [5.41, 5.74) is 0.763. The average Bonchev–Trinajstić information content (AvgIpc) is 2.30. The number of aromatic nitrogens is 1. The number of nitrogens with zero attached hydrogens (tertiary/aromatic N) is 1. The number of ether oxygens (including phenoxy) is 1. The molecule has 0 atom stereocenters. The number of pyridine rings is 1. The summed E-state index contributed by atoms with van der Waals surface area (Å²) in [7, 11) is 1.64. The minimum atomic E-state index is 0.635. The molecule has 0 saturated heterocycles. The number of para-hydroxylation sites is 1. The highest BCUT2D eigenvalue weighted by Crippen LogP contribution is 2.31. The van der Waals surface area contributed by atoms with Crippen LogP contribution in [0.1, 0.15) is 6.92 Å². The maximum absolute atomic E-state index is 6.11. The largest absolute Gasteiger partial charge is 0.496 e. The normalized spacial score (nSPS) is 10.4. The van der Waals surface area contributed by atoms with Gasteiger partial charge in [-0.2, -0.15) is 0 Å². The summed E-state index contributed by atoms with van der Waals surface area (Å²) >= 11 is 6.11. The van der Waals surface area contributed by atoms with Crippen molar-refractivity contribution in [2.45, 2.75) is 6.92 Å². The van der Waals surface area contributed by atoms with Gasteiger partial charge in [-0.3, -0.25) is 0 Å². The number of nitrogens with one attached hydrogen (secondary N) is 1. The predicted octanol–water partition coefficient (Wildman–Crippen LogP) is 3.33. The molecular formula is C12H13ClN2O. The van der Waals surface area contributed by atoms with Crippen molar-refractivity contribution in [2.75, 3.05) is 19.0 Å². The van der Waals surface area contributed by atoms with Gasteiger partial charge in [-0.05, 0) is 19.1 Å². The second-order valence-corrected chi connectivity index (χ2v) is 3.78. The van der Waals surface area contributed by atoms with Gasteiger partial charge in [0.15, 0.2) is 0 Å². The first-order valence-electron chi connectivity index (χ1n) is 5.13. The first-order valence-corrected chi connectivity index (χ1v) is 5.51. The lowest BCUT2D eigenvalue weighted by atomic mass is 10.2. The second kappa shape index (κ2) is 4.58. The Bertz CT molecular complexity index is 514. The lowest BCUT2D eigenvalue weighted by molar-refractivity contribution is 0.419. The Hall–Kier alpha value is -1.48. The van der Waals surface area contributed by atoms with Crippen LogP contribution in [0.3, 0.4) is 0 Å². The third-order valence-corrected chi connectivity index (χ3v) is 2.64. The fourth-order valence-electron chi connectivity index (χ4n) is 1.62. The Morgan fingerprint density at radius 1 is 1.44 bits per heavy atom. The Morgan fingerprint density at radius 2 is 2.25 bits per heavy atom. The van der Waals surface area contributed by atoms with E-state index in [4.69, 9.17) is 16.3 Å². The van der Waals surface area contributed by atoms with Crippen LogP contribution in [0.25, 0.3) is 10.9 Å². The van der Waals surface area contributed by atoms with Crippen molar-refractivity contribution in [3.05, 3.63) is 29.3 Å². The smallest absolute Gasteiger partial charge is 0.131 e. The lowest BCUT2D eigenvalue weighted by Crippen LogP contribution is -2.00. The second-order valence-electron chi connectivity index (χ2n) is 3.38. The highest BCUT2D eigenvalue weighted by atomic mass is 35.5. The third kappa shape index (κ3) is 1.91. The molecule has 3 nitrogen and oxygen atoms in total. The van der Waals surface area contributed by atoms with E-state index in [0.29, 0.717) is 5.02 Å². The monoisotopic (exact) mass is 236 g/mol. The molecule has 0 aliphatic rings. The van der Waals surface area contributed by atoms with Crippen LogP contribution < -0.4 is 10.1 Å². The van der Waals surface area contributed by atoms with Crippen molar-refractivity contribution >= 4 is 28.3 Å². The summed E-state index contributed by atoms with van der Waals surface area (Å²) in [6, 6.07) is 7.54. The molecule has 0 spiro atoms. The first kappa shape index (κ1) is 11.0. The molecule has 2 aromatic rings. The SMILES string of the molecule is CCNc1cc(OC)c2cccc(Cl)c2n1. The van der Waals surface area contributed by atoms with Gasteiger partial charge in [0.1, 0.15) is 11.6 Å². The number of benzene rings is 1. The summed E-state index contributed by atoms with van der Waals surface area (Å²) in [5, 5.41) is 4.71. The highest BCUT2D eigenvalue weighted by Gasteiger charge is 2.08. The van der Waals surface area contributed by atoms with Crippen molar-refractivity contribution in [3.63, 3.8) is 0 Å². The summed E-state index contributed by atoms with van der Waals surface area (Å²) in [4.78, 5) is 4.45. The van der Waals surface area contributed by atoms with Crippen LogP contribution in [-0.2, 0) is 0 Å². The Morgan fingerprint density at radius 3 is 2.94 bits per heavy atom. The van der Waals surface area contributed by atoms with Crippen LogP contribution in [0.2, 0.25) is 5.02 Å². The Kier molecular flexibility index (Phi) is 3.15. The molecule has 0 amide bonds. The van der Waals surface area contributed by atoms with Crippen molar-refractivity contribution in [3.8, 4) is 5.75 Å². The minimum absolute atomic E-state index is 0.635. The molecule has 4 heteroatoms. The van der Waals surface area contributed by atoms with Gasteiger partial charge in [0, 0.05) is 18.0 Å². The molecule has 0 saturated carbocycles. The first-order chi connectivity index (χ1) is 7.76. The van der Waals surface area contributed by atoms with E-state index in [0.717, 1.165) is 29.0 Å². The summed E-state index contributed by atoms with van der Waals surface area (Å²) in [5.74, 6) is 1.56. The average molecular weight is 237 g/mol. The van der Waals surface area contributed by atoms with Crippen LogP contribution in [0.4, 0.5) is 5.82 Å². The number of anilines is 1. The molecule has 0 aliphatic carbocycles. The van der Waals surface area contributed by atoms with E-state index in [2.05, 4.69) is 10.3 Å². The molecule has 0 radical (unpaired) electrons. The van der Waals surface area contributed by atoms with Gasteiger partial charge in [-0.1, -0.05) is 17.7 Å². The molecule has 0 bridgehead atoms. The van der Waals surface area contributed by atoms with Gasteiger partial charge in [0.05, 0.1) is 17.6 Å². The van der Waals surface area contributed by atoms with Crippen molar-refractivity contribution in [2.24, 2.45) is 0 Å². The third-order valence-electron chi connectivity index (χ3n) is 2.33. The van der Waals surface area contributed by atoms with E-state index in [1.807, 2.05) is 31.2 Å². The van der Waals surface area contributed by atoms with Crippen LogP contribution >= 0.6 is 11.6 Å². The molecule has 0 unspecified atom stereocenters. The number of halogens is 1. The quantitative estimate of drug-likeness (QED) is 0.888. The Balaban J connectivity index is 2.69. The zero-order chi connectivity index (χ0) is 11.5. The summed E-state index contributed by atoms with van der Waals surface area (Å²) < 4.78 is 5.33. The van der Waals surface area contributed by atoms with E-state index in [1.165, 1.54) is 0 Å². The molecule has 16 heavy (non-hydrogen) atoms. The van der Waals surface area contributed by atoms with E-state index in [-0.39, 0.29) is 0 Å². The lowest BCUT2D eigenvalue weighted by Gasteiger charge is -2.09. The number of fused-ring (bicyclic) bond motifs is 1. The Labute approximate surface area is 99.4 Å². The standard InChI is InChI=1S/C12H13ClN2O/c1-3-14-11-7-10(16-2)8-5-4-6-9(13)12(8)15-11/h4-7H,3H2,1-2H3,(H,14,15). The molecule has 1 heterocycles.